The Morgan fingerprint density at radius 2 is 1.36 bits per heavy atom. The summed E-state index contributed by atoms with van der Waals surface area (Å²) in [7, 11) is 6.13. The minimum Gasteiger partial charge on any atom is -0.497 e. The summed E-state index contributed by atoms with van der Waals surface area (Å²) in [6.45, 7) is 3.79. The number of para-hydroxylation sites is 2. The van der Waals surface area contributed by atoms with Crippen LogP contribution in [0.4, 0.5) is 0 Å². The molecule has 0 saturated heterocycles. The first-order valence-electron chi connectivity index (χ1n) is 14.8. The molecule has 2 aromatic heterocycles. The highest BCUT2D eigenvalue weighted by Crippen LogP contribution is 2.27. The predicted octanol–water partition coefficient (Wildman–Crippen LogP) is 7.47. The number of nitrogens with zero attached hydrogens (tertiary/aromatic N) is 3. The molecule has 0 atom stereocenters. The molecule has 0 radical (unpaired) electrons. The van der Waals surface area contributed by atoms with Gasteiger partial charge in [0.2, 0.25) is 0 Å². The number of rotatable bonds is 12. The SMILES string of the molecule is COc1cccc(CN(C)CCc2cn(-c3cccc(CN(C)CCc4c[nH]c5ccccc45)c3)c3ccccc23)c1. The van der Waals surface area contributed by atoms with Crippen molar-refractivity contribution in [2.24, 2.45) is 0 Å². The molecule has 0 aliphatic heterocycles. The van der Waals surface area contributed by atoms with Crippen LogP contribution in [-0.2, 0) is 25.9 Å². The van der Waals surface area contributed by atoms with Crippen LogP contribution >= 0.6 is 0 Å². The number of nitrogens with one attached hydrogen (secondary N) is 1. The number of ether oxygens (including phenoxy) is 1. The van der Waals surface area contributed by atoms with Gasteiger partial charge in [0.1, 0.15) is 5.75 Å². The van der Waals surface area contributed by atoms with E-state index in [1.807, 2.05) is 6.07 Å². The van der Waals surface area contributed by atoms with Gasteiger partial charge in [0.25, 0.3) is 0 Å². The molecule has 1 N–H and O–H groups in total. The maximum Gasteiger partial charge on any atom is 0.119 e. The van der Waals surface area contributed by atoms with Crippen LogP contribution in [0.5, 0.6) is 5.75 Å². The minimum absolute atomic E-state index is 0.895. The third-order valence-corrected chi connectivity index (χ3v) is 8.22. The van der Waals surface area contributed by atoms with E-state index in [9.17, 15) is 0 Å². The first-order chi connectivity index (χ1) is 20.6. The van der Waals surface area contributed by atoms with Crippen molar-refractivity contribution in [1.29, 1.82) is 0 Å². The summed E-state index contributed by atoms with van der Waals surface area (Å²) >= 11 is 0. The molecular weight excluding hydrogens is 516 g/mol. The Labute approximate surface area is 249 Å². The topological polar surface area (TPSA) is 36.4 Å². The number of aromatic amines is 1. The van der Waals surface area contributed by atoms with Crippen molar-refractivity contribution >= 4 is 21.8 Å². The van der Waals surface area contributed by atoms with Crippen LogP contribution < -0.4 is 4.74 Å². The number of likely N-dealkylation sites (N-methyl/N-ethyl adjacent to an activating group) is 2. The molecule has 5 heteroatoms. The zero-order valence-corrected chi connectivity index (χ0v) is 24.9. The second-order valence-electron chi connectivity index (χ2n) is 11.4. The molecule has 0 aliphatic rings. The molecule has 0 spiro atoms. The van der Waals surface area contributed by atoms with E-state index in [1.165, 1.54) is 49.7 Å². The largest absolute Gasteiger partial charge is 0.497 e. The number of benzene rings is 4. The van der Waals surface area contributed by atoms with Crippen molar-refractivity contribution in [1.82, 2.24) is 19.4 Å². The second-order valence-corrected chi connectivity index (χ2v) is 11.4. The molecule has 0 fully saturated rings. The number of aromatic nitrogens is 2. The molecule has 5 nitrogen and oxygen atoms in total. The molecule has 214 valence electrons. The molecule has 0 bridgehead atoms. The fraction of sp³-hybridized carbons (Fsp3) is 0.243. The van der Waals surface area contributed by atoms with Crippen LogP contribution in [-0.4, -0.2) is 53.6 Å². The number of fused-ring (bicyclic) bond motifs is 2. The first-order valence-corrected chi connectivity index (χ1v) is 14.8. The summed E-state index contributed by atoms with van der Waals surface area (Å²) < 4.78 is 7.77. The monoisotopic (exact) mass is 556 g/mol. The lowest BCUT2D eigenvalue weighted by atomic mass is 10.1. The molecule has 4 aromatic carbocycles. The highest BCUT2D eigenvalue weighted by Gasteiger charge is 2.12. The smallest absolute Gasteiger partial charge is 0.119 e. The van der Waals surface area contributed by atoms with Gasteiger partial charge in [-0.3, -0.25) is 0 Å². The van der Waals surface area contributed by atoms with Crippen LogP contribution in [0.25, 0.3) is 27.5 Å². The van der Waals surface area contributed by atoms with Crippen molar-refractivity contribution in [2.75, 3.05) is 34.3 Å². The van der Waals surface area contributed by atoms with Crippen LogP contribution in [0.3, 0.4) is 0 Å². The van der Waals surface area contributed by atoms with Crippen LogP contribution in [0.2, 0.25) is 0 Å². The number of hydrogen-bond donors (Lipinski definition) is 1. The van der Waals surface area contributed by atoms with E-state index in [-0.39, 0.29) is 0 Å². The zero-order valence-electron chi connectivity index (χ0n) is 24.9. The van der Waals surface area contributed by atoms with Crippen LogP contribution in [0.1, 0.15) is 22.3 Å². The molecule has 0 amide bonds. The van der Waals surface area contributed by atoms with Gasteiger partial charge in [-0.1, -0.05) is 60.7 Å². The van der Waals surface area contributed by atoms with Gasteiger partial charge in [0.05, 0.1) is 12.6 Å². The fourth-order valence-corrected chi connectivity index (χ4v) is 5.98. The van der Waals surface area contributed by atoms with E-state index < -0.39 is 0 Å². The van der Waals surface area contributed by atoms with E-state index in [0.717, 1.165) is 44.8 Å². The number of H-pyrrole nitrogens is 1. The molecule has 6 aromatic rings. The Hall–Kier alpha value is -4.32. The maximum absolute atomic E-state index is 5.40. The van der Waals surface area contributed by atoms with Gasteiger partial charge in [-0.05, 0) is 85.6 Å². The molecule has 42 heavy (non-hydrogen) atoms. The first kappa shape index (κ1) is 27.8. The highest BCUT2D eigenvalue weighted by atomic mass is 16.5. The maximum atomic E-state index is 5.40. The van der Waals surface area contributed by atoms with E-state index in [0.29, 0.717) is 0 Å². The second kappa shape index (κ2) is 12.7. The zero-order chi connectivity index (χ0) is 28.9. The van der Waals surface area contributed by atoms with Gasteiger partial charge in [0, 0.05) is 60.5 Å². The van der Waals surface area contributed by atoms with Crippen molar-refractivity contribution < 1.29 is 4.74 Å². The summed E-state index contributed by atoms with van der Waals surface area (Å²) in [5.41, 5.74) is 9.03. The Kier molecular flexibility index (Phi) is 8.40. The summed E-state index contributed by atoms with van der Waals surface area (Å²) in [6, 6.07) is 34.7. The Morgan fingerprint density at radius 1 is 0.690 bits per heavy atom. The summed E-state index contributed by atoms with van der Waals surface area (Å²) in [5.74, 6) is 0.909. The third kappa shape index (κ3) is 6.28. The van der Waals surface area contributed by atoms with E-state index in [1.54, 1.807) is 7.11 Å². The normalized spacial score (nSPS) is 11.7. The lowest BCUT2D eigenvalue weighted by Gasteiger charge is -2.17. The lowest BCUT2D eigenvalue weighted by molar-refractivity contribution is 0.330. The van der Waals surface area contributed by atoms with E-state index >= 15 is 0 Å². The van der Waals surface area contributed by atoms with Gasteiger partial charge < -0.3 is 24.1 Å². The van der Waals surface area contributed by atoms with Crippen molar-refractivity contribution in [3.05, 3.63) is 132 Å². The Bertz CT molecular complexity index is 1780. The van der Waals surface area contributed by atoms with Gasteiger partial charge >= 0.3 is 0 Å². The lowest BCUT2D eigenvalue weighted by Crippen LogP contribution is -2.20. The summed E-state index contributed by atoms with van der Waals surface area (Å²) in [6.07, 6.45) is 6.51. The third-order valence-electron chi connectivity index (χ3n) is 8.22. The van der Waals surface area contributed by atoms with Crippen molar-refractivity contribution in [3.8, 4) is 11.4 Å². The Morgan fingerprint density at radius 3 is 2.14 bits per heavy atom. The number of hydrogen-bond acceptors (Lipinski definition) is 3. The quantitative estimate of drug-likeness (QED) is 0.170. The van der Waals surface area contributed by atoms with E-state index in [4.69, 9.17) is 4.74 Å². The van der Waals surface area contributed by atoms with Crippen LogP contribution in [0, 0.1) is 0 Å². The standard InChI is InChI=1S/C37H40N4O/c1-39(20-18-30-24-38-36-16-6-4-14-34(30)36)25-28-10-8-12-32(22-28)41-27-31(35-15-5-7-17-37(35)41)19-21-40(2)26-29-11-9-13-33(23-29)42-3/h4-17,22-24,27,38H,18-21,25-26H2,1-3H3. The summed E-state index contributed by atoms with van der Waals surface area (Å²) in [5, 5.41) is 2.66. The molecule has 0 aliphatic carbocycles. The Balaban J connectivity index is 1.13. The van der Waals surface area contributed by atoms with Gasteiger partial charge in [-0.15, -0.1) is 0 Å². The highest BCUT2D eigenvalue weighted by molar-refractivity contribution is 5.86. The van der Waals surface area contributed by atoms with Crippen molar-refractivity contribution in [2.45, 2.75) is 25.9 Å². The van der Waals surface area contributed by atoms with Crippen LogP contribution in [0.15, 0.2) is 109 Å². The van der Waals surface area contributed by atoms with Gasteiger partial charge in [-0.25, -0.2) is 0 Å². The fourth-order valence-electron chi connectivity index (χ4n) is 5.98. The molecule has 0 unspecified atom stereocenters. The average molecular weight is 557 g/mol. The van der Waals surface area contributed by atoms with Crippen molar-refractivity contribution in [3.63, 3.8) is 0 Å². The predicted molar refractivity (Wildman–Crippen MR) is 175 cm³/mol. The molecule has 6 rings (SSSR count). The minimum atomic E-state index is 0.895. The molecular formula is C37H40N4O. The molecule has 2 heterocycles. The summed E-state index contributed by atoms with van der Waals surface area (Å²) in [4.78, 5) is 8.20. The van der Waals surface area contributed by atoms with E-state index in [2.05, 4.69) is 137 Å². The van der Waals surface area contributed by atoms with Gasteiger partial charge in [0.15, 0.2) is 0 Å². The number of methoxy groups -OCH3 is 1. The average Bonchev–Trinajstić information content (AvgIpc) is 3.61. The van der Waals surface area contributed by atoms with Gasteiger partial charge in [-0.2, -0.15) is 0 Å². The molecule has 0 saturated carbocycles.